The SMILES string of the molecule is CCC(C#N)Oc1ccc(Cl)cc1[C@@H](C)O. The summed E-state index contributed by atoms with van der Waals surface area (Å²) in [7, 11) is 0. The van der Waals surface area contributed by atoms with Crippen LogP contribution >= 0.6 is 11.6 Å². The van der Waals surface area contributed by atoms with E-state index in [1.54, 1.807) is 25.1 Å². The second-order valence-corrected chi connectivity index (χ2v) is 3.94. The van der Waals surface area contributed by atoms with Crippen LogP contribution in [0.5, 0.6) is 5.75 Å². The van der Waals surface area contributed by atoms with Crippen molar-refractivity contribution in [1.82, 2.24) is 0 Å². The van der Waals surface area contributed by atoms with E-state index in [9.17, 15) is 5.11 Å². The van der Waals surface area contributed by atoms with Gasteiger partial charge in [0.2, 0.25) is 0 Å². The molecule has 3 nitrogen and oxygen atoms in total. The summed E-state index contributed by atoms with van der Waals surface area (Å²) >= 11 is 5.83. The van der Waals surface area contributed by atoms with Crippen molar-refractivity contribution in [1.29, 1.82) is 5.26 Å². The second kappa shape index (κ2) is 5.74. The second-order valence-electron chi connectivity index (χ2n) is 3.50. The molecule has 4 heteroatoms. The normalized spacial score (nSPS) is 13.9. The van der Waals surface area contributed by atoms with Crippen molar-refractivity contribution in [3.8, 4) is 11.8 Å². The molecule has 1 rings (SSSR count). The van der Waals surface area contributed by atoms with Crippen molar-refractivity contribution >= 4 is 11.6 Å². The molecule has 0 aromatic heterocycles. The molecular weight excluding hydrogens is 226 g/mol. The summed E-state index contributed by atoms with van der Waals surface area (Å²) in [5.41, 5.74) is 0.598. The number of nitriles is 1. The Bertz CT molecular complexity index is 398. The zero-order chi connectivity index (χ0) is 12.1. The third kappa shape index (κ3) is 3.13. The maximum absolute atomic E-state index is 9.57. The highest BCUT2D eigenvalue weighted by Gasteiger charge is 2.13. The first kappa shape index (κ1) is 12.8. The van der Waals surface area contributed by atoms with Gasteiger partial charge in [-0.25, -0.2) is 0 Å². The molecule has 1 N–H and O–H groups in total. The molecule has 0 aliphatic heterocycles. The standard InChI is InChI=1S/C12H14ClNO2/c1-3-10(7-14)16-12-5-4-9(13)6-11(12)8(2)15/h4-6,8,10,15H,3H2,1-2H3/t8-,10?/m1/s1. The fraction of sp³-hybridized carbons (Fsp3) is 0.417. The Balaban J connectivity index is 3.00. The molecule has 0 heterocycles. The van der Waals surface area contributed by atoms with Crippen molar-refractivity contribution in [3.05, 3.63) is 28.8 Å². The zero-order valence-corrected chi connectivity index (χ0v) is 10.0. The van der Waals surface area contributed by atoms with Crippen LogP contribution in [0.25, 0.3) is 0 Å². The zero-order valence-electron chi connectivity index (χ0n) is 9.27. The Hall–Kier alpha value is -1.24. The van der Waals surface area contributed by atoms with Crippen LogP contribution in [0.4, 0.5) is 0 Å². The molecule has 0 saturated carbocycles. The highest BCUT2D eigenvalue weighted by Crippen LogP contribution is 2.29. The molecule has 0 aliphatic rings. The predicted molar refractivity (Wildman–Crippen MR) is 62.4 cm³/mol. The van der Waals surface area contributed by atoms with Gasteiger partial charge in [0, 0.05) is 10.6 Å². The Morgan fingerprint density at radius 2 is 2.25 bits per heavy atom. The first-order chi connectivity index (χ1) is 7.58. The molecule has 2 atom stereocenters. The van der Waals surface area contributed by atoms with Gasteiger partial charge in [0.25, 0.3) is 0 Å². The largest absolute Gasteiger partial charge is 0.475 e. The smallest absolute Gasteiger partial charge is 0.184 e. The molecule has 0 aliphatic carbocycles. The summed E-state index contributed by atoms with van der Waals surface area (Å²) in [5.74, 6) is 0.507. The van der Waals surface area contributed by atoms with E-state index in [4.69, 9.17) is 21.6 Å². The van der Waals surface area contributed by atoms with E-state index >= 15 is 0 Å². The van der Waals surface area contributed by atoms with Crippen LogP contribution in [0.2, 0.25) is 5.02 Å². The lowest BCUT2D eigenvalue weighted by molar-refractivity contribution is 0.184. The Kier molecular flexibility index (Phi) is 4.60. The van der Waals surface area contributed by atoms with Gasteiger partial charge in [-0.05, 0) is 31.5 Å². The highest BCUT2D eigenvalue weighted by molar-refractivity contribution is 6.30. The van der Waals surface area contributed by atoms with Crippen LogP contribution < -0.4 is 4.74 Å². The minimum atomic E-state index is -0.676. The molecule has 86 valence electrons. The van der Waals surface area contributed by atoms with E-state index in [1.165, 1.54) is 0 Å². The van der Waals surface area contributed by atoms with E-state index in [2.05, 4.69) is 0 Å². The number of rotatable bonds is 4. The molecule has 0 bridgehead atoms. The lowest BCUT2D eigenvalue weighted by atomic mass is 10.1. The third-order valence-corrected chi connectivity index (χ3v) is 2.44. The maximum Gasteiger partial charge on any atom is 0.184 e. The molecule has 0 radical (unpaired) electrons. The lowest BCUT2D eigenvalue weighted by Gasteiger charge is -2.16. The van der Waals surface area contributed by atoms with Crippen LogP contribution in [-0.4, -0.2) is 11.2 Å². The number of benzene rings is 1. The van der Waals surface area contributed by atoms with Gasteiger partial charge in [0.1, 0.15) is 11.8 Å². The number of halogens is 1. The van der Waals surface area contributed by atoms with Crippen molar-refractivity contribution in [2.75, 3.05) is 0 Å². The number of hydrogen-bond donors (Lipinski definition) is 1. The molecule has 0 amide bonds. The van der Waals surface area contributed by atoms with E-state index in [-0.39, 0.29) is 0 Å². The lowest BCUT2D eigenvalue weighted by Crippen LogP contribution is -2.13. The van der Waals surface area contributed by atoms with Gasteiger partial charge >= 0.3 is 0 Å². The van der Waals surface area contributed by atoms with Crippen LogP contribution in [0.1, 0.15) is 31.9 Å². The number of nitrogens with zero attached hydrogens (tertiary/aromatic N) is 1. The van der Waals surface area contributed by atoms with Gasteiger partial charge in [-0.3, -0.25) is 0 Å². The number of hydrogen-bond acceptors (Lipinski definition) is 3. The first-order valence-corrected chi connectivity index (χ1v) is 5.50. The minimum absolute atomic E-state index is 0.501. The average molecular weight is 240 g/mol. The molecule has 1 aromatic rings. The number of ether oxygens (including phenoxy) is 1. The molecular formula is C12H14ClNO2. The van der Waals surface area contributed by atoms with Crippen LogP contribution in [0.15, 0.2) is 18.2 Å². The van der Waals surface area contributed by atoms with Crippen molar-refractivity contribution in [3.63, 3.8) is 0 Å². The fourth-order valence-electron chi connectivity index (χ4n) is 1.31. The molecule has 16 heavy (non-hydrogen) atoms. The summed E-state index contributed by atoms with van der Waals surface area (Å²) in [5, 5.41) is 18.9. The summed E-state index contributed by atoms with van der Waals surface area (Å²) in [6.45, 7) is 3.50. The molecule has 1 unspecified atom stereocenters. The third-order valence-electron chi connectivity index (χ3n) is 2.21. The quantitative estimate of drug-likeness (QED) is 0.879. The molecule has 0 saturated heterocycles. The van der Waals surface area contributed by atoms with E-state index < -0.39 is 12.2 Å². The van der Waals surface area contributed by atoms with Gasteiger partial charge in [-0.15, -0.1) is 0 Å². The predicted octanol–water partition coefficient (Wildman–Crippen LogP) is 3.07. The summed E-state index contributed by atoms with van der Waals surface area (Å²) in [6, 6.07) is 7.03. The molecule has 1 aromatic carbocycles. The Labute approximate surface area is 100 Å². The van der Waals surface area contributed by atoms with Crippen molar-refractivity contribution < 1.29 is 9.84 Å². The maximum atomic E-state index is 9.57. The first-order valence-electron chi connectivity index (χ1n) is 5.12. The van der Waals surface area contributed by atoms with Crippen LogP contribution in [0.3, 0.4) is 0 Å². The van der Waals surface area contributed by atoms with Crippen LogP contribution in [0, 0.1) is 11.3 Å². The highest BCUT2D eigenvalue weighted by atomic mass is 35.5. The topological polar surface area (TPSA) is 53.2 Å². The van der Waals surface area contributed by atoms with E-state index in [0.717, 1.165) is 0 Å². The van der Waals surface area contributed by atoms with E-state index in [1.807, 2.05) is 13.0 Å². The average Bonchev–Trinajstić information content (AvgIpc) is 2.27. The fourth-order valence-corrected chi connectivity index (χ4v) is 1.49. The summed E-state index contributed by atoms with van der Waals surface area (Å²) in [4.78, 5) is 0. The van der Waals surface area contributed by atoms with Gasteiger partial charge in [-0.2, -0.15) is 5.26 Å². The van der Waals surface area contributed by atoms with Gasteiger partial charge in [0.15, 0.2) is 6.10 Å². The van der Waals surface area contributed by atoms with Crippen LogP contribution in [-0.2, 0) is 0 Å². The monoisotopic (exact) mass is 239 g/mol. The number of aliphatic hydroxyl groups excluding tert-OH is 1. The van der Waals surface area contributed by atoms with Crippen molar-refractivity contribution in [2.45, 2.75) is 32.5 Å². The Morgan fingerprint density at radius 1 is 1.56 bits per heavy atom. The molecule has 0 spiro atoms. The molecule has 0 fully saturated rings. The Morgan fingerprint density at radius 3 is 2.75 bits per heavy atom. The van der Waals surface area contributed by atoms with Gasteiger partial charge in [0.05, 0.1) is 6.10 Å². The van der Waals surface area contributed by atoms with Crippen molar-refractivity contribution in [2.24, 2.45) is 0 Å². The van der Waals surface area contributed by atoms with E-state index in [0.29, 0.717) is 22.8 Å². The number of aliphatic hydroxyl groups is 1. The van der Waals surface area contributed by atoms with Gasteiger partial charge < -0.3 is 9.84 Å². The minimum Gasteiger partial charge on any atom is -0.475 e. The summed E-state index contributed by atoms with van der Waals surface area (Å²) < 4.78 is 5.48. The van der Waals surface area contributed by atoms with Gasteiger partial charge in [-0.1, -0.05) is 18.5 Å². The summed E-state index contributed by atoms with van der Waals surface area (Å²) in [6.07, 6.45) is -0.582.